The Morgan fingerprint density at radius 2 is 1.85 bits per heavy atom. The summed E-state index contributed by atoms with van der Waals surface area (Å²) in [5, 5.41) is 0. The Balaban J connectivity index is 1.80. The average molecular weight is 267 g/mol. The van der Waals surface area contributed by atoms with Crippen LogP contribution in [-0.4, -0.2) is 28.2 Å². The number of rotatable bonds is 3. The highest BCUT2D eigenvalue weighted by atomic mass is 16.2. The smallest absolute Gasteiger partial charge is 0.261 e. The first-order valence-corrected chi connectivity index (χ1v) is 6.32. The summed E-state index contributed by atoms with van der Waals surface area (Å²) in [5.74, 6) is -0.547. The summed E-state index contributed by atoms with van der Waals surface area (Å²) in [6, 6.07) is 10.4. The predicted octanol–water partition coefficient (Wildman–Crippen LogP) is 1.50. The van der Waals surface area contributed by atoms with Gasteiger partial charge in [-0.3, -0.25) is 19.5 Å². The minimum Gasteiger partial charge on any atom is -0.399 e. The third-order valence-corrected chi connectivity index (χ3v) is 3.31. The SMILES string of the molecule is Nc1ccc2c(c1)C(=O)N(CCc1ccccn1)C2=O. The molecule has 0 radical (unpaired) electrons. The number of fused-ring (bicyclic) bond motifs is 1. The molecule has 1 aliphatic heterocycles. The Morgan fingerprint density at radius 1 is 1.05 bits per heavy atom. The zero-order valence-electron chi connectivity index (χ0n) is 10.7. The van der Waals surface area contributed by atoms with Crippen LogP contribution in [0.5, 0.6) is 0 Å². The average Bonchev–Trinajstić information content (AvgIpc) is 2.70. The molecule has 2 aromatic rings. The number of benzene rings is 1. The molecule has 5 nitrogen and oxygen atoms in total. The van der Waals surface area contributed by atoms with E-state index in [1.165, 1.54) is 4.90 Å². The second kappa shape index (κ2) is 4.77. The molecule has 0 bridgehead atoms. The molecular weight excluding hydrogens is 254 g/mol. The van der Waals surface area contributed by atoms with E-state index >= 15 is 0 Å². The van der Waals surface area contributed by atoms with Gasteiger partial charge in [0, 0.05) is 30.5 Å². The molecule has 0 saturated heterocycles. The lowest BCUT2D eigenvalue weighted by molar-refractivity contribution is 0.0656. The van der Waals surface area contributed by atoms with E-state index < -0.39 is 0 Å². The van der Waals surface area contributed by atoms with Gasteiger partial charge in [-0.25, -0.2) is 0 Å². The number of nitrogen functional groups attached to an aromatic ring is 1. The molecule has 0 spiro atoms. The summed E-state index contributed by atoms with van der Waals surface area (Å²) in [6.45, 7) is 0.323. The third-order valence-electron chi connectivity index (χ3n) is 3.31. The van der Waals surface area contributed by atoms with Gasteiger partial charge in [-0.1, -0.05) is 6.07 Å². The maximum absolute atomic E-state index is 12.2. The van der Waals surface area contributed by atoms with Gasteiger partial charge in [0.05, 0.1) is 11.1 Å². The highest BCUT2D eigenvalue weighted by Crippen LogP contribution is 2.24. The van der Waals surface area contributed by atoms with Gasteiger partial charge in [0.15, 0.2) is 0 Å². The van der Waals surface area contributed by atoms with Crippen molar-refractivity contribution in [2.75, 3.05) is 12.3 Å². The topological polar surface area (TPSA) is 76.3 Å². The summed E-state index contributed by atoms with van der Waals surface area (Å²) >= 11 is 0. The van der Waals surface area contributed by atoms with Crippen LogP contribution in [0.4, 0.5) is 5.69 Å². The highest BCUT2D eigenvalue weighted by molar-refractivity contribution is 6.21. The minimum atomic E-state index is -0.284. The number of carbonyl (C=O) groups is 2. The van der Waals surface area contributed by atoms with E-state index in [-0.39, 0.29) is 11.8 Å². The maximum atomic E-state index is 12.2. The summed E-state index contributed by atoms with van der Waals surface area (Å²) in [4.78, 5) is 29.8. The van der Waals surface area contributed by atoms with Crippen LogP contribution in [0.25, 0.3) is 0 Å². The Morgan fingerprint density at radius 3 is 2.60 bits per heavy atom. The molecule has 100 valence electrons. The van der Waals surface area contributed by atoms with E-state index in [0.29, 0.717) is 29.8 Å². The van der Waals surface area contributed by atoms with Crippen molar-refractivity contribution in [3.63, 3.8) is 0 Å². The lowest BCUT2D eigenvalue weighted by atomic mass is 10.1. The molecule has 3 rings (SSSR count). The quantitative estimate of drug-likeness (QED) is 0.675. The number of amides is 2. The van der Waals surface area contributed by atoms with Gasteiger partial charge in [0.2, 0.25) is 0 Å². The number of carbonyl (C=O) groups excluding carboxylic acids is 2. The Bertz CT molecular complexity index is 683. The molecule has 1 aromatic carbocycles. The molecule has 5 heteroatoms. The number of imide groups is 1. The van der Waals surface area contributed by atoms with Crippen LogP contribution in [0.15, 0.2) is 42.6 Å². The number of aromatic nitrogens is 1. The minimum absolute atomic E-state index is 0.263. The molecule has 2 heterocycles. The fraction of sp³-hybridized carbons (Fsp3) is 0.133. The second-order valence-corrected chi connectivity index (χ2v) is 4.64. The molecule has 2 amide bonds. The van der Waals surface area contributed by atoms with Crippen LogP contribution in [0.1, 0.15) is 26.4 Å². The first-order valence-electron chi connectivity index (χ1n) is 6.32. The normalized spacial score (nSPS) is 13.7. The number of anilines is 1. The van der Waals surface area contributed by atoms with E-state index in [4.69, 9.17) is 5.73 Å². The van der Waals surface area contributed by atoms with E-state index in [9.17, 15) is 9.59 Å². The first-order chi connectivity index (χ1) is 9.66. The van der Waals surface area contributed by atoms with Crippen LogP contribution in [-0.2, 0) is 6.42 Å². The Labute approximate surface area is 116 Å². The van der Waals surface area contributed by atoms with Gasteiger partial charge >= 0.3 is 0 Å². The number of hydrogen-bond acceptors (Lipinski definition) is 4. The van der Waals surface area contributed by atoms with Crippen molar-refractivity contribution in [2.45, 2.75) is 6.42 Å². The van der Waals surface area contributed by atoms with Gasteiger partial charge in [-0.05, 0) is 30.3 Å². The summed E-state index contributed by atoms with van der Waals surface area (Å²) < 4.78 is 0. The Kier molecular flexibility index (Phi) is 2.95. The fourth-order valence-corrected chi connectivity index (χ4v) is 2.28. The molecule has 1 aliphatic rings. The lowest BCUT2D eigenvalue weighted by Crippen LogP contribution is -2.31. The second-order valence-electron chi connectivity index (χ2n) is 4.64. The Hall–Kier alpha value is -2.69. The third kappa shape index (κ3) is 2.03. The molecule has 0 atom stereocenters. The van der Waals surface area contributed by atoms with Gasteiger partial charge in [0.25, 0.3) is 11.8 Å². The lowest BCUT2D eigenvalue weighted by Gasteiger charge is -2.13. The number of nitrogens with zero attached hydrogens (tertiary/aromatic N) is 2. The zero-order valence-corrected chi connectivity index (χ0v) is 10.7. The van der Waals surface area contributed by atoms with E-state index in [1.54, 1.807) is 24.4 Å². The monoisotopic (exact) mass is 267 g/mol. The molecular formula is C15H13N3O2. The molecule has 0 aliphatic carbocycles. The highest BCUT2D eigenvalue weighted by Gasteiger charge is 2.35. The zero-order chi connectivity index (χ0) is 14.1. The van der Waals surface area contributed by atoms with Gasteiger partial charge in [0.1, 0.15) is 0 Å². The maximum Gasteiger partial charge on any atom is 0.261 e. The van der Waals surface area contributed by atoms with E-state index in [1.807, 2.05) is 18.2 Å². The van der Waals surface area contributed by atoms with Crippen LogP contribution in [0, 0.1) is 0 Å². The van der Waals surface area contributed by atoms with E-state index in [2.05, 4.69) is 4.98 Å². The first kappa shape index (κ1) is 12.3. The number of nitrogens with two attached hydrogens (primary N) is 1. The van der Waals surface area contributed by atoms with Crippen molar-refractivity contribution >= 4 is 17.5 Å². The van der Waals surface area contributed by atoms with Crippen LogP contribution in [0.3, 0.4) is 0 Å². The van der Waals surface area contributed by atoms with E-state index in [0.717, 1.165) is 5.69 Å². The van der Waals surface area contributed by atoms with Crippen molar-refractivity contribution in [3.05, 3.63) is 59.4 Å². The van der Waals surface area contributed by atoms with Crippen molar-refractivity contribution in [3.8, 4) is 0 Å². The van der Waals surface area contributed by atoms with Crippen LogP contribution >= 0.6 is 0 Å². The molecule has 1 aromatic heterocycles. The largest absolute Gasteiger partial charge is 0.399 e. The van der Waals surface area contributed by atoms with Gasteiger partial charge in [-0.15, -0.1) is 0 Å². The molecule has 20 heavy (non-hydrogen) atoms. The summed E-state index contributed by atoms with van der Waals surface area (Å²) in [5.41, 5.74) is 7.80. The van der Waals surface area contributed by atoms with Crippen molar-refractivity contribution < 1.29 is 9.59 Å². The molecule has 2 N–H and O–H groups in total. The fourth-order valence-electron chi connectivity index (χ4n) is 2.28. The molecule has 0 saturated carbocycles. The van der Waals surface area contributed by atoms with Gasteiger partial charge in [-0.2, -0.15) is 0 Å². The number of pyridine rings is 1. The summed E-state index contributed by atoms with van der Waals surface area (Å²) in [6.07, 6.45) is 2.24. The molecule has 0 unspecified atom stereocenters. The molecule has 0 fully saturated rings. The summed E-state index contributed by atoms with van der Waals surface area (Å²) in [7, 11) is 0. The van der Waals surface area contributed by atoms with Gasteiger partial charge < -0.3 is 5.73 Å². The van der Waals surface area contributed by atoms with Crippen molar-refractivity contribution in [2.24, 2.45) is 0 Å². The predicted molar refractivity (Wildman–Crippen MR) is 74.2 cm³/mol. The van der Waals surface area contributed by atoms with Crippen molar-refractivity contribution in [1.82, 2.24) is 9.88 Å². The number of hydrogen-bond donors (Lipinski definition) is 1. The standard InChI is InChI=1S/C15H13N3O2/c16-10-4-5-12-13(9-10)15(20)18(14(12)19)8-6-11-3-1-2-7-17-11/h1-5,7,9H,6,8,16H2. The van der Waals surface area contributed by atoms with Crippen LogP contribution in [0.2, 0.25) is 0 Å². The van der Waals surface area contributed by atoms with Crippen molar-refractivity contribution in [1.29, 1.82) is 0 Å². The van der Waals surface area contributed by atoms with Crippen LogP contribution < -0.4 is 5.73 Å².